The highest BCUT2D eigenvalue weighted by molar-refractivity contribution is 7.09. The maximum Gasteiger partial charge on any atom is 0.387 e. The predicted octanol–water partition coefficient (Wildman–Crippen LogP) is 3.32. The summed E-state index contributed by atoms with van der Waals surface area (Å²) in [5.74, 6) is -0.327. The van der Waals surface area contributed by atoms with Crippen LogP contribution in [0.2, 0.25) is 0 Å². The van der Waals surface area contributed by atoms with Crippen LogP contribution < -0.4 is 10.1 Å². The Bertz CT molecular complexity index is 558. The molecule has 0 radical (unpaired) electrons. The topological polar surface area (TPSA) is 38.3 Å². The van der Waals surface area contributed by atoms with E-state index in [1.807, 2.05) is 17.5 Å². The lowest BCUT2D eigenvalue weighted by molar-refractivity contribution is -0.0498. The normalized spacial score (nSPS) is 10.6. The van der Waals surface area contributed by atoms with E-state index in [1.165, 1.54) is 23.1 Å². The molecular formula is C14H13F2NO2S. The van der Waals surface area contributed by atoms with Crippen LogP contribution in [0, 0.1) is 0 Å². The van der Waals surface area contributed by atoms with Crippen molar-refractivity contribution in [2.24, 2.45) is 0 Å². The van der Waals surface area contributed by atoms with E-state index in [4.69, 9.17) is 0 Å². The van der Waals surface area contributed by atoms with Gasteiger partial charge in [0.1, 0.15) is 5.75 Å². The van der Waals surface area contributed by atoms with Crippen molar-refractivity contribution in [2.75, 3.05) is 6.54 Å². The number of hydrogen-bond acceptors (Lipinski definition) is 3. The van der Waals surface area contributed by atoms with Crippen molar-refractivity contribution in [1.29, 1.82) is 0 Å². The van der Waals surface area contributed by atoms with Gasteiger partial charge >= 0.3 is 6.61 Å². The third-order valence-corrected chi connectivity index (χ3v) is 3.49. The van der Waals surface area contributed by atoms with Crippen molar-refractivity contribution >= 4 is 17.2 Å². The molecule has 0 atom stereocenters. The number of halogens is 2. The van der Waals surface area contributed by atoms with Gasteiger partial charge in [-0.1, -0.05) is 12.1 Å². The zero-order chi connectivity index (χ0) is 14.4. The molecule has 1 aromatic heterocycles. The van der Waals surface area contributed by atoms with E-state index in [1.54, 1.807) is 17.4 Å². The Kier molecular flexibility index (Phi) is 5.06. The summed E-state index contributed by atoms with van der Waals surface area (Å²) in [4.78, 5) is 13.0. The fourth-order valence-corrected chi connectivity index (χ4v) is 2.38. The van der Waals surface area contributed by atoms with E-state index < -0.39 is 6.61 Å². The van der Waals surface area contributed by atoms with Crippen LogP contribution in [0.5, 0.6) is 5.75 Å². The molecule has 0 unspecified atom stereocenters. The largest absolute Gasteiger partial charge is 0.435 e. The van der Waals surface area contributed by atoms with E-state index in [2.05, 4.69) is 10.1 Å². The minimum atomic E-state index is -2.90. The van der Waals surface area contributed by atoms with Crippen molar-refractivity contribution in [3.8, 4) is 5.75 Å². The van der Waals surface area contributed by atoms with Gasteiger partial charge < -0.3 is 10.1 Å². The highest BCUT2D eigenvalue weighted by Crippen LogP contribution is 2.16. The lowest BCUT2D eigenvalue weighted by Gasteiger charge is -2.07. The smallest absolute Gasteiger partial charge is 0.387 e. The van der Waals surface area contributed by atoms with Gasteiger partial charge in [-0.25, -0.2) is 0 Å². The number of nitrogens with one attached hydrogen (secondary N) is 1. The fourth-order valence-electron chi connectivity index (χ4n) is 1.67. The Labute approximate surface area is 119 Å². The van der Waals surface area contributed by atoms with Crippen molar-refractivity contribution in [3.05, 3.63) is 52.2 Å². The summed E-state index contributed by atoms with van der Waals surface area (Å²) < 4.78 is 28.4. The van der Waals surface area contributed by atoms with Crippen molar-refractivity contribution < 1.29 is 18.3 Å². The molecule has 0 spiro atoms. The number of rotatable bonds is 6. The first-order valence-corrected chi connectivity index (χ1v) is 6.88. The molecule has 1 amide bonds. The van der Waals surface area contributed by atoms with Crippen LogP contribution in [0.4, 0.5) is 8.78 Å². The Morgan fingerprint density at radius 3 is 2.85 bits per heavy atom. The van der Waals surface area contributed by atoms with Gasteiger partial charge in [0.25, 0.3) is 5.91 Å². The zero-order valence-corrected chi connectivity index (χ0v) is 11.3. The molecule has 0 aliphatic rings. The summed E-state index contributed by atoms with van der Waals surface area (Å²) in [5.41, 5.74) is 0.300. The van der Waals surface area contributed by atoms with E-state index in [-0.39, 0.29) is 11.7 Å². The second kappa shape index (κ2) is 7.00. The van der Waals surface area contributed by atoms with Crippen molar-refractivity contribution in [3.63, 3.8) is 0 Å². The number of carbonyl (C=O) groups is 1. The van der Waals surface area contributed by atoms with Crippen molar-refractivity contribution in [2.45, 2.75) is 13.0 Å². The van der Waals surface area contributed by atoms with Gasteiger partial charge in [0.05, 0.1) is 0 Å². The summed E-state index contributed by atoms with van der Waals surface area (Å²) in [6.07, 6.45) is 0.747. The van der Waals surface area contributed by atoms with Crippen LogP contribution in [0.1, 0.15) is 15.2 Å². The first-order chi connectivity index (χ1) is 9.65. The summed E-state index contributed by atoms with van der Waals surface area (Å²) in [6, 6.07) is 9.69. The molecule has 3 nitrogen and oxygen atoms in total. The van der Waals surface area contributed by atoms with Gasteiger partial charge in [-0.3, -0.25) is 4.79 Å². The van der Waals surface area contributed by atoms with E-state index in [0.717, 1.165) is 6.42 Å². The molecule has 2 aromatic rings. The average Bonchev–Trinajstić information content (AvgIpc) is 2.91. The quantitative estimate of drug-likeness (QED) is 0.888. The van der Waals surface area contributed by atoms with Gasteiger partial charge in [0, 0.05) is 17.0 Å². The molecule has 1 N–H and O–H groups in total. The molecular weight excluding hydrogens is 284 g/mol. The molecule has 0 saturated heterocycles. The molecule has 2 rings (SSSR count). The first-order valence-electron chi connectivity index (χ1n) is 6.00. The summed E-state index contributed by atoms with van der Waals surface area (Å²) in [6.45, 7) is -2.40. The molecule has 0 aliphatic heterocycles. The maximum absolute atomic E-state index is 12.1. The SMILES string of the molecule is O=C(NCCc1cccs1)c1cccc(OC(F)F)c1. The number of thiophene rings is 1. The summed E-state index contributed by atoms with van der Waals surface area (Å²) >= 11 is 1.63. The molecule has 0 aliphatic carbocycles. The Morgan fingerprint density at radius 1 is 1.30 bits per heavy atom. The number of hydrogen-bond donors (Lipinski definition) is 1. The van der Waals surface area contributed by atoms with Crippen LogP contribution >= 0.6 is 11.3 Å². The van der Waals surface area contributed by atoms with Gasteiger partial charge in [-0.15, -0.1) is 11.3 Å². The minimum absolute atomic E-state index is 0.0223. The highest BCUT2D eigenvalue weighted by atomic mass is 32.1. The minimum Gasteiger partial charge on any atom is -0.435 e. The van der Waals surface area contributed by atoms with Crippen LogP contribution in [-0.4, -0.2) is 19.1 Å². The molecule has 0 saturated carbocycles. The Balaban J connectivity index is 1.88. The molecule has 20 heavy (non-hydrogen) atoms. The lowest BCUT2D eigenvalue weighted by Crippen LogP contribution is -2.25. The van der Waals surface area contributed by atoms with Crippen LogP contribution in [0.15, 0.2) is 41.8 Å². The van der Waals surface area contributed by atoms with Gasteiger partial charge in [0.2, 0.25) is 0 Å². The number of ether oxygens (including phenoxy) is 1. The first kappa shape index (κ1) is 14.5. The van der Waals surface area contributed by atoms with Crippen LogP contribution in [-0.2, 0) is 6.42 Å². The number of benzene rings is 1. The molecule has 106 valence electrons. The lowest BCUT2D eigenvalue weighted by atomic mass is 10.2. The standard InChI is InChI=1S/C14H13F2NO2S/c15-14(16)19-11-4-1-3-10(9-11)13(18)17-7-6-12-5-2-8-20-12/h1-5,8-9,14H,6-7H2,(H,17,18). The third kappa shape index (κ3) is 4.31. The Morgan fingerprint density at radius 2 is 2.15 bits per heavy atom. The number of alkyl halides is 2. The Hall–Kier alpha value is -1.95. The number of carbonyl (C=O) groups excluding carboxylic acids is 1. The maximum atomic E-state index is 12.1. The van der Waals surface area contributed by atoms with Gasteiger partial charge in [0.15, 0.2) is 0 Å². The molecule has 1 heterocycles. The predicted molar refractivity (Wildman–Crippen MR) is 73.4 cm³/mol. The zero-order valence-electron chi connectivity index (χ0n) is 10.5. The second-order valence-electron chi connectivity index (χ2n) is 3.99. The van der Waals surface area contributed by atoms with Crippen molar-refractivity contribution in [1.82, 2.24) is 5.32 Å². The van der Waals surface area contributed by atoms with Crippen LogP contribution in [0.25, 0.3) is 0 Å². The third-order valence-electron chi connectivity index (χ3n) is 2.56. The molecule has 0 fully saturated rings. The molecule has 0 bridgehead atoms. The molecule has 1 aromatic carbocycles. The van der Waals surface area contributed by atoms with E-state index in [9.17, 15) is 13.6 Å². The second-order valence-corrected chi connectivity index (χ2v) is 5.02. The van der Waals surface area contributed by atoms with Crippen LogP contribution in [0.3, 0.4) is 0 Å². The highest BCUT2D eigenvalue weighted by Gasteiger charge is 2.09. The van der Waals surface area contributed by atoms with E-state index in [0.29, 0.717) is 12.1 Å². The summed E-state index contributed by atoms with van der Waals surface area (Å²) in [5, 5.41) is 4.72. The summed E-state index contributed by atoms with van der Waals surface area (Å²) in [7, 11) is 0. The fraction of sp³-hybridized carbons (Fsp3) is 0.214. The average molecular weight is 297 g/mol. The van der Waals surface area contributed by atoms with E-state index >= 15 is 0 Å². The van der Waals surface area contributed by atoms with Gasteiger partial charge in [-0.2, -0.15) is 8.78 Å². The number of amides is 1. The van der Waals surface area contributed by atoms with Gasteiger partial charge in [-0.05, 0) is 36.1 Å². The monoisotopic (exact) mass is 297 g/mol. The molecule has 6 heteroatoms.